The molecule has 2 aromatic rings. The summed E-state index contributed by atoms with van der Waals surface area (Å²) in [6, 6.07) is 4.17. The number of carbonyl (C=O) groups excluding carboxylic acids is 1. The summed E-state index contributed by atoms with van der Waals surface area (Å²) >= 11 is 0. The predicted molar refractivity (Wildman–Crippen MR) is 79.8 cm³/mol. The molecule has 1 saturated heterocycles. The van der Waals surface area contributed by atoms with Gasteiger partial charge >= 0.3 is 0 Å². The smallest absolute Gasteiger partial charge is 0.227 e. The Morgan fingerprint density at radius 2 is 1.95 bits per heavy atom. The molecule has 1 aromatic carbocycles. The molecule has 2 heterocycles. The molecule has 0 saturated carbocycles. The average molecular weight is 271 g/mol. The van der Waals surface area contributed by atoms with Gasteiger partial charge in [-0.2, -0.15) is 0 Å². The first-order valence-corrected chi connectivity index (χ1v) is 7.41. The second kappa shape index (κ2) is 5.31. The van der Waals surface area contributed by atoms with E-state index in [0.29, 0.717) is 6.42 Å². The predicted octanol–water partition coefficient (Wildman–Crippen LogP) is 3.60. The molecule has 0 radical (unpaired) electrons. The molecule has 1 fully saturated rings. The molecule has 0 bridgehead atoms. The average Bonchev–Trinajstić information content (AvgIpc) is 2.87. The van der Waals surface area contributed by atoms with E-state index in [1.54, 1.807) is 6.26 Å². The fourth-order valence-corrected chi connectivity index (χ4v) is 2.94. The highest BCUT2D eigenvalue weighted by molar-refractivity contribution is 5.89. The van der Waals surface area contributed by atoms with Crippen LogP contribution in [-0.4, -0.2) is 23.9 Å². The van der Waals surface area contributed by atoms with Crippen LogP contribution in [0, 0.1) is 13.8 Å². The van der Waals surface area contributed by atoms with Gasteiger partial charge in [0.2, 0.25) is 5.91 Å². The Bertz CT molecular complexity index is 636. The third-order valence-corrected chi connectivity index (χ3v) is 4.39. The Hall–Kier alpha value is -1.77. The molecule has 1 aliphatic heterocycles. The molecule has 106 valence electrons. The van der Waals surface area contributed by atoms with Crippen molar-refractivity contribution in [2.75, 3.05) is 13.1 Å². The van der Waals surface area contributed by atoms with Gasteiger partial charge in [-0.1, -0.05) is 12.1 Å². The van der Waals surface area contributed by atoms with Crippen molar-refractivity contribution in [3.63, 3.8) is 0 Å². The highest BCUT2D eigenvalue weighted by Crippen LogP contribution is 2.27. The van der Waals surface area contributed by atoms with Crippen molar-refractivity contribution in [2.45, 2.75) is 39.5 Å². The first kappa shape index (κ1) is 13.2. The Labute approximate surface area is 119 Å². The van der Waals surface area contributed by atoms with E-state index >= 15 is 0 Å². The Balaban J connectivity index is 1.84. The van der Waals surface area contributed by atoms with Crippen molar-refractivity contribution in [2.24, 2.45) is 0 Å². The third-order valence-electron chi connectivity index (χ3n) is 4.39. The topological polar surface area (TPSA) is 33.5 Å². The number of likely N-dealkylation sites (tertiary alicyclic amines) is 1. The van der Waals surface area contributed by atoms with Crippen LogP contribution in [0.3, 0.4) is 0 Å². The van der Waals surface area contributed by atoms with Crippen molar-refractivity contribution in [1.29, 1.82) is 0 Å². The van der Waals surface area contributed by atoms with Gasteiger partial charge in [0.15, 0.2) is 0 Å². The van der Waals surface area contributed by atoms with E-state index in [9.17, 15) is 4.79 Å². The molecule has 1 amide bonds. The first-order chi connectivity index (χ1) is 9.66. The summed E-state index contributed by atoms with van der Waals surface area (Å²) in [7, 11) is 0. The van der Waals surface area contributed by atoms with Crippen molar-refractivity contribution in [3.05, 3.63) is 35.1 Å². The van der Waals surface area contributed by atoms with Crippen LogP contribution >= 0.6 is 0 Å². The van der Waals surface area contributed by atoms with Crippen LogP contribution in [0.15, 0.2) is 22.8 Å². The second-order valence-electron chi connectivity index (χ2n) is 5.76. The van der Waals surface area contributed by atoms with Gasteiger partial charge < -0.3 is 9.32 Å². The molecule has 3 rings (SSSR count). The Morgan fingerprint density at radius 3 is 2.70 bits per heavy atom. The number of benzene rings is 1. The molecule has 1 aliphatic rings. The standard InChI is InChI=1S/C17H21NO2/c1-12-6-7-15-14(11-20-17(15)13(12)2)10-16(19)18-8-4-3-5-9-18/h6-7,11H,3-5,8-10H2,1-2H3. The minimum atomic E-state index is 0.227. The zero-order valence-corrected chi connectivity index (χ0v) is 12.2. The van der Waals surface area contributed by atoms with Crippen molar-refractivity contribution < 1.29 is 9.21 Å². The quantitative estimate of drug-likeness (QED) is 0.836. The monoisotopic (exact) mass is 271 g/mol. The van der Waals surface area contributed by atoms with Gasteiger partial charge in [0.05, 0.1) is 12.7 Å². The zero-order valence-electron chi connectivity index (χ0n) is 12.2. The van der Waals surface area contributed by atoms with Crippen molar-refractivity contribution in [1.82, 2.24) is 4.90 Å². The minimum Gasteiger partial charge on any atom is -0.464 e. The highest BCUT2D eigenvalue weighted by Gasteiger charge is 2.19. The number of rotatable bonds is 2. The van der Waals surface area contributed by atoms with Gasteiger partial charge in [0, 0.05) is 24.0 Å². The molecule has 0 spiro atoms. The van der Waals surface area contributed by atoms with Crippen LogP contribution in [0.5, 0.6) is 0 Å². The number of amides is 1. The maximum absolute atomic E-state index is 12.3. The Morgan fingerprint density at radius 1 is 1.20 bits per heavy atom. The van der Waals surface area contributed by atoms with Crippen molar-refractivity contribution >= 4 is 16.9 Å². The van der Waals surface area contributed by atoms with E-state index in [1.807, 2.05) is 4.90 Å². The summed E-state index contributed by atoms with van der Waals surface area (Å²) in [5.41, 5.74) is 4.32. The van der Waals surface area contributed by atoms with E-state index in [1.165, 1.54) is 17.5 Å². The molecule has 0 atom stereocenters. The van der Waals surface area contributed by atoms with Crippen LogP contribution < -0.4 is 0 Å². The molecule has 3 heteroatoms. The van der Waals surface area contributed by atoms with Gasteiger partial charge in [-0.05, 0) is 44.2 Å². The number of furan rings is 1. The maximum Gasteiger partial charge on any atom is 0.227 e. The van der Waals surface area contributed by atoms with Crippen LogP contribution in [0.1, 0.15) is 36.0 Å². The van der Waals surface area contributed by atoms with E-state index < -0.39 is 0 Å². The number of carbonyl (C=O) groups is 1. The molecular weight excluding hydrogens is 250 g/mol. The molecular formula is C17H21NO2. The van der Waals surface area contributed by atoms with Crippen LogP contribution in [0.4, 0.5) is 0 Å². The zero-order chi connectivity index (χ0) is 14.1. The van der Waals surface area contributed by atoms with Gasteiger partial charge in [-0.15, -0.1) is 0 Å². The van der Waals surface area contributed by atoms with E-state index in [2.05, 4.69) is 26.0 Å². The van der Waals surface area contributed by atoms with Gasteiger partial charge in [-0.3, -0.25) is 4.79 Å². The number of fused-ring (bicyclic) bond motifs is 1. The summed E-state index contributed by atoms with van der Waals surface area (Å²) in [4.78, 5) is 14.3. The SMILES string of the molecule is Cc1ccc2c(CC(=O)N3CCCCC3)coc2c1C. The summed E-state index contributed by atoms with van der Waals surface area (Å²) in [6.45, 7) is 5.97. The van der Waals surface area contributed by atoms with E-state index in [0.717, 1.165) is 42.5 Å². The summed E-state index contributed by atoms with van der Waals surface area (Å²) in [5, 5.41) is 1.08. The lowest BCUT2D eigenvalue weighted by Crippen LogP contribution is -2.36. The number of nitrogens with zero attached hydrogens (tertiary/aromatic N) is 1. The molecule has 3 nitrogen and oxygen atoms in total. The van der Waals surface area contributed by atoms with Crippen LogP contribution in [0.25, 0.3) is 11.0 Å². The number of hydrogen-bond acceptors (Lipinski definition) is 2. The highest BCUT2D eigenvalue weighted by atomic mass is 16.3. The lowest BCUT2D eigenvalue weighted by atomic mass is 10.0. The molecule has 20 heavy (non-hydrogen) atoms. The Kier molecular flexibility index (Phi) is 3.51. The summed E-state index contributed by atoms with van der Waals surface area (Å²) in [6.07, 6.45) is 5.72. The van der Waals surface area contributed by atoms with Gasteiger partial charge in [0.1, 0.15) is 5.58 Å². The summed E-state index contributed by atoms with van der Waals surface area (Å²) in [5.74, 6) is 0.227. The van der Waals surface area contributed by atoms with Crippen LogP contribution in [0.2, 0.25) is 0 Å². The fourth-order valence-electron chi connectivity index (χ4n) is 2.94. The number of aryl methyl sites for hydroxylation is 2. The van der Waals surface area contributed by atoms with Gasteiger partial charge in [0.25, 0.3) is 0 Å². The van der Waals surface area contributed by atoms with Gasteiger partial charge in [-0.25, -0.2) is 0 Å². The molecule has 0 unspecified atom stereocenters. The largest absolute Gasteiger partial charge is 0.464 e. The van der Waals surface area contributed by atoms with E-state index in [4.69, 9.17) is 4.42 Å². The summed E-state index contributed by atoms with van der Waals surface area (Å²) < 4.78 is 5.68. The first-order valence-electron chi connectivity index (χ1n) is 7.41. The lowest BCUT2D eigenvalue weighted by Gasteiger charge is -2.26. The molecule has 0 N–H and O–H groups in total. The third kappa shape index (κ3) is 2.33. The maximum atomic E-state index is 12.3. The van der Waals surface area contributed by atoms with Crippen molar-refractivity contribution in [3.8, 4) is 0 Å². The minimum absolute atomic E-state index is 0.227. The fraction of sp³-hybridized carbons (Fsp3) is 0.471. The molecule has 0 aliphatic carbocycles. The van der Waals surface area contributed by atoms with Crippen LogP contribution in [-0.2, 0) is 11.2 Å². The van der Waals surface area contributed by atoms with E-state index in [-0.39, 0.29) is 5.91 Å². The lowest BCUT2D eigenvalue weighted by molar-refractivity contribution is -0.131. The normalized spacial score (nSPS) is 15.8. The number of hydrogen-bond donors (Lipinski definition) is 0. The second-order valence-corrected chi connectivity index (χ2v) is 5.76. The number of piperidine rings is 1. The molecule has 1 aromatic heterocycles.